The molecule has 3 heterocycles. The van der Waals surface area contributed by atoms with E-state index in [-0.39, 0.29) is 35.2 Å². The van der Waals surface area contributed by atoms with Gasteiger partial charge in [-0.1, -0.05) is 57.2 Å². The van der Waals surface area contributed by atoms with Crippen LogP contribution in [-0.4, -0.2) is 62.7 Å². The zero-order valence-electron chi connectivity index (χ0n) is 29.6. The molecule has 0 saturated carbocycles. The molecule has 0 N–H and O–H groups in total. The molecular weight excluding hydrogens is 652 g/mol. The second-order valence-corrected chi connectivity index (χ2v) is 18.9. The standard InChI is InChI=1S/C19H30N2O2Si.C17H18F3N3O2/c1-15(23-24(6,7)19(2,3)4)13-17-14-18(22)21(20(17)5)16-11-9-8-10-12-16;1-21-14(11-15(24)23(21)12-6-3-2-4-7-12)10-13-8-5-9-22(13)16(25)17(18,19)20/h8-12,14-15H,13H2,1-7H3;2-4,6-7,11,13H,5,8-10H2,1H3/t15-;13-/m11/s1. The zero-order valence-corrected chi connectivity index (χ0v) is 30.6. The van der Waals surface area contributed by atoms with Crippen molar-refractivity contribution < 1.29 is 22.4 Å². The molecule has 5 rings (SSSR count). The van der Waals surface area contributed by atoms with Crippen molar-refractivity contribution >= 4 is 14.2 Å². The van der Waals surface area contributed by atoms with Gasteiger partial charge in [-0.3, -0.25) is 23.7 Å². The van der Waals surface area contributed by atoms with Crippen LogP contribution in [0.2, 0.25) is 18.1 Å². The van der Waals surface area contributed by atoms with Gasteiger partial charge in [0.15, 0.2) is 8.32 Å². The molecule has 2 aromatic carbocycles. The van der Waals surface area contributed by atoms with Crippen LogP contribution in [0.15, 0.2) is 82.4 Å². The lowest BCUT2D eigenvalue weighted by Crippen LogP contribution is -2.44. The molecular formula is C36H48F3N5O4Si. The topological polar surface area (TPSA) is 83.4 Å². The van der Waals surface area contributed by atoms with E-state index >= 15 is 0 Å². The Kier molecular flexibility index (Phi) is 11.4. The van der Waals surface area contributed by atoms with Crippen LogP contribution in [0.5, 0.6) is 0 Å². The third-order valence-corrected chi connectivity index (χ3v) is 14.2. The van der Waals surface area contributed by atoms with E-state index in [0.717, 1.165) is 22.7 Å². The molecule has 13 heteroatoms. The maximum atomic E-state index is 12.7. The number of likely N-dealkylation sites (tertiary alicyclic amines) is 1. The number of halogens is 3. The number of aromatic nitrogens is 4. The second-order valence-electron chi connectivity index (χ2n) is 14.2. The van der Waals surface area contributed by atoms with Crippen LogP contribution in [0.4, 0.5) is 13.2 Å². The fourth-order valence-corrected chi connectivity index (χ4v) is 7.45. The molecule has 2 atom stereocenters. The number of hydrogen-bond acceptors (Lipinski definition) is 4. The normalized spacial score (nSPS) is 16.0. The van der Waals surface area contributed by atoms with Gasteiger partial charge in [-0.25, -0.2) is 9.36 Å². The molecule has 1 amide bonds. The highest BCUT2D eigenvalue weighted by molar-refractivity contribution is 6.74. The summed E-state index contributed by atoms with van der Waals surface area (Å²) in [6, 6.07) is 21.3. The number of para-hydroxylation sites is 2. The van der Waals surface area contributed by atoms with E-state index in [1.165, 1.54) is 10.7 Å². The number of nitrogens with zero attached hydrogens (tertiary/aromatic N) is 5. The van der Waals surface area contributed by atoms with E-state index < -0.39 is 26.4 Å². The highest BCUT2D eigenvalue weighted by atomic mass is 28.4. The fraction of sp³-hybridized carbons (Fsp3) is 0.472. The number of benzene rings is 2. The molecule has 1 aliphatic rings. The van der Waals surface area contributed by atoms with Gasteiger partial charge < -0.3 is 9.33 Å². The smallest absolute Gasteiger partial charge is 0.414 e. The van der Waals surface area contributed by atoms with Crippen molar-refractivity contribution in [3.8, 4) is 11.4 Å². The van der Waals surface area contributed by atoms with Crippen molar-refractivity contribution in [1.82, 2.24) is 23.6 Å². The molecule has 0 bridgehead atoms. The minimum absolute atomic E-state index is 0.00164. The summed E-state index contributed by atoms with van der Waals surface area (Å²) < 4.78 is 51.4. The van der Waals surface area contributed by atoms with E-state index in [9.17, 15) is 27.6 Å². The molecule has 0 aliphatic carbocycles. The van der Waals surface area contributed by atoms with E-state index in [0.29, 0.717) is 24.2 Å². The summed E-state index contributed by atoms with van der Waals surface area (Å²) in [6.07, 6.45) is -2.81. The molecule has 49 heavy (non-hydrogen) atoms. The lowest BCUT2D eigenvalue weighted by molar-refractivity contribution is -0.186. The van der Waals surface area contributed by atoms with E-state index in [4.69, 9.17) is 4.43 Å². The number of rotatable bonds is 8. The average Bonchev–Trinajstić information content (AvgIpc) is 3.67. The summed E-state index contributed by atoms with van der Waals surface area (Å²) >= 11 is 0. The number of amides is 1. The van der Waals surface area contributed by atoms with Gasteiger partial charge in [0, 0.05) is 69.1 Å². The summed E-state index contributed by atoms with van der Waals surface area (Å²) in [5.74, 6) is -1.80. The van der Waals surface area contributed by atoms with Gasteiger partial charge in [0.1, 0.15) is 0 Å². The fourth-order valence-electron chi connectivity index (χ4n) is 6.00. The molecule has 9 nitrogen and oxygen atoms in total. The predicted octanol–water partition coefficient (Wildman–Crippen LogP) is 6.40. The van der Waals surface area contributed by atoms with Gasteiger partial charge in [0.2, 0.25) is 0 Å². The molecule has 2 aromatic heterocycles. The van der Waals surface area contributed by atoms with Gasteiger partial charge in [0.25, 0.3) is 11.1 Å². The van der Waals surface area contributed by atoms with Crippen LogP contribution in [0.1, 0.15) is 51.9 Å². The molecule has 0 radical (unpaired) electrons. The summed E-state index contributed by atoms with van der Waals surface area (Å²) in [5, 5.41) is 0.184. The van der Waals surface area contributed by atoms with Crippen LogP contribution in [0.3, 0.4) is 0 Å². The van der Waals surface area contributed by atoms with Gasteiger partial charge in [0.05, 0.1) is 11.4 Å². The third kappa shape index (κ3) is 8.74. The quantitative estimate of drug-likeness (QED) is 0.200. The first-order valence-corrected chi connectivity index (χ1v) is 19.4. The number of alkyl halides is 3. The van der Waals surface area contributed by atoms with E-state index in [2.05, 4.69) is 40.8 Å². The lowest BCUT2D eigenvalue weighted by atomic mass is 10.1. The SMILES string of the molecule is C[C@H](Cc1cc(=O)n(-c2ccccc2)n1C)O[Si](C)(C)C(C)(C)C.Cn1c(C[C@H]2CCCN2C(=O)C(F)(F)F)cc(=O)n1-c1ccccc1. The Balaban J connectivity index is 0.000000221. The summed E-state index contributed by atoms with van der Waals surface area (Å²) in [4.78, 5) is 37.1. The van der Waals surface area contributed by atoms with Crippen molar-refractivity contribution in [3.05, 3.63) is 105 Å². The zero-order chi connectivity index (χ0) is 36.3. The Labute approximate surface area is 286 Å². The van der Waals surface area contributed by atoms with Gasteiger partial charge in [-0.2, -0.15) is 13.2 Å². The first kappa shape index (κ1) is 37.7. The maximum Gasteiger partial charge on any atom is 0.471 e. The van der Waals surface area contributed by atoms with Crippen LogP contribution in [0, 0.1) is 0 Å². The highest BCUT2D eigenvalue weighted by Crippen LogP contribution is 2.37. The van der Waals surface area contributed by atoms with Crippen LogP contribution in [-0.2, 0) is 36.2 Å². The summed E-state index contributed by atoms with van der Waals surface area (Å²) in [6.45, 7) is 13.4. The van der Waals surface area contributed by atoms with Crippen LogP contribution < -0.4 is 11.1 Å². The summed E-state index contributed by atoms with van der Waals surface area (Å²) in [7, 11) is 1.82. The van der Waals surface area contributed by atoms with E-state index in [1.807, 2.05) is 48.1 Å². The molecule has 0 unspecified atom stereocenters. The maximum absolute atomic E-state index is 12.7. The molecule has 1 saturated heterocycles. The van der Waals surface area contributed by atoms with Crippen LogP contribution >= 0.6 is 0 Å². The minimum Gasteiger partial charge on any atom is -0.414 e. The first-order valence-electron chi connectivity index (χ1n) is 16.5. The second kappa shape index (κ2) is 14.8. The monoisotopic (exact) mass is 699 g/mol. The number of carbonyl (C=O) groups is 1. The molecule has 1 aliphatic heterocycles. The highest BCUT2D eigenvalue weighted by Gasteiger charge is 2.46. The number of carbonyl (C=O) groups excluding carboxylic acids is 1. The average molecular weight is 700 g/mol. The van der Waals surface area contributed by atoms with Crippen molar-refractivity contribution in [2.75, 3.05) is 6.54 Å². The number of hydrogen-bond donors (Lipinski definition) is 0. The van der Waals surface area contributed by atoms with Crippen molar-refractivity contribution in [3.63, 3.8) is 0 Å². The predicted molar refractivity (Wildman–Crippen MR) is 188 cm³/mol. The van der Waals surface area contributed by atoms with Gasteiger partial charge in [-0.05, 0) is 62.2 Å². The molecule has 4 aromatic rings. The lowest BCUT2D eigenvalue weighted by Gasteiger charge is -2.38. The summed E-state index contributed by atoms with van der Waals surface area (Å²) in [5.41, 5.74) is 2.90. The molecule has 0 spiro atoms. The Bertz CT molecular complexity index is 1840. The third-order valence-electron chi connectivity index (χ3n) is 9.55. The van der Waals surface area contributed by atoms with Crippen LogP contribution in [0.25, 0.3) is 11.4 Å². The minimum atomic E-state index is -4.87. The first-order chi connectivity index (χ1) is 22.8. The van der Waals surface area contributed by atoms with Crippen molar-refractivity contribution in [2.24, 2.45) is 14.1 Å². The van der Waals surface area contributed by atoms with Gasteiger partial charge >= 0.3 is 12.1 Å². The molecule has 1 fully saturated rings. The Hall–Kier alpha value is -4.10. The Morgan fingerprint density at radius 3 is 1.80 bits per heavy atom. The van der Waals surface area contributed by atoms with E-state index in [1.54, 1.807) is 46.7 Å². The van der Waals surface area contributed by atoms with Gasteiger partial charge in [-0.15, -0.1) is 0 Å². The largest absolute Gasteiger partial charge is 0.471 e. The van der Waals surface area contributed by atoms with Crippen molar-refractivity contribution in [1.29, 1.82) is 0 Å². The Morgan fingerprint density at radius 2 is 1.33 bits per heavy atom. The van der Waals surface area contributed by atoms with Crippen molar-refractivity contribution in [2.45, 2.75) is 89.8 Å². The molecule has 266 valence electrons. The Morgan fingerprint density at radius 1 is 0.857 bits per heavy atom.